The van der Waals surface area contributed by atoms with Crippen molar-refractivity contribution in [1.29, 1.82) is 0 Å². The van der Waals surface area contributed by atoms with E-state index in [1.54, 1.807) is 24.1 Å². The van der Waals surface area contributed by atoms with Crippen LogP contribution in [0.1, 0.15) is 22.5 Å². The van der Waals surface area contributed by atoms with E-state index in [0.717, 1.165) is 19.0 Å². The Morgan fingerprint density at radius 1 is 1.29 bits per heavy atom. The van der Waals surface area contributed by atoms with Gasteiger partial charge in [-0.3, -0.25) is 9.78 Å². The predicted molar refractivity (Wildman–Crippen MR) is 81.0 cm³/mol. The number of carbonyl (C=O) groups excluding carboxylic acids is 1. The van der Waals surface area contributed by atoms with Crippen LogP contribution in [0, 0.1) is 0 Å². The topological polar surface area (TPSA) is 73.7 Å². The molecule has 0 aliphatic heterocycles. The Hall–Kier alpha value is -2.21. The number of aromatic nitrogens is 1. The fourth-order valence-electron chi connectivity index (χ4n) is 1.80. The van der Waals surface area contributed by atoms with Crippen molar-refractivity contribution in [2.45, 2.75) is 6.42 Å². The summed E-state index contributed by atoms with van der Waals surface area (Å²) in [6, 6.07) is 3.34. The molecule has 114 valence electrons. The molecule has 0 unspecified atom stereocenters. The summed E-state index contributed by atoms with van der Waals surface area (Å²) in [7, 11) is 5.68. The second kappa shape index (κ2) is 8.16. The normalized spacial score (nSPS) is 11.0. The van der Waals surface area contributed by atoms with Crippen molar-refractivity contribution >= 4 is 18.0 Å². The summed E-state index contributed by atoms with van der Waals surface area (Å²) in [6.45, 7) is 1.52. The third-order valence-corrected chi connectivity index (χ3v) is 2.89. The van der Waals surface area contributed by atoms with Crippen molar-refractivity contribution in [3.05, 3.63) is 35.7 Å². The lowest BCUT2D eigenvalue weighted by Crippen LogP contribution is -2.30. The van der Waals surface area contributed by atoms with Gasteiger partial charge in [-0.2, -0.15) is 0 Å². The molecule has 6 heteroatoms. The van der Waals surface area contributed by atoms with E-state index in [4.69, 9.17) is 5.11 Å². The maximum absolute atomic E-state index is 12.4. The zero-order valence-electron chi connectivity index (χ0n) is 12.6. The third-order valence-electron chi connectivity index (χ3n) is 2.89. The van der Waals surface area contributed by atoms with E-state index >= 15 is 0 Å². The number of carboxylic acids is 1. The lowest BCUT2D eigenvalue weighted by Gasteiger charge is -2.19. The molecule has 1 heterocycles. The lowest BCUT2D eigenvalue weighted by atomic mass is 10.1. The van der Waals surface area contributed by atoms with Crippen LogP contribution in [-0.4, -0.2) is 66.0 Å². The molecule has 6 nitrogen and oxygen atoms in total. The molecule has 1 amide bonds. The molecule has 0 bridgehead atoms. The average Bonchev–Trinajstić information content (AvgIpc) is 2.44. The minimum Gasteiger partial charge on any atom is -0.478 e. The molecule has 0 saturated carbocycles. The second-order valence-corrected chi connectivity index (χ2v) is 5.00. The Bertz CT molecular complexity index is 527. The number of amides is 1. The van der Waals surface area contributed by atoms with Crippen LogP contribution in [0.15, 0.2) is 24.4 Å². The molecular formula is C15H21N3O3. The number of hydrogen-bond donors (Lipinski definition) is 1. The SMILES string of the molecule is CN(C)CCCN(C)C(=O)c1ncccc1/C=C/C(=O)O. The summed E-state index contributed by atoms with van der Waals surface area (Å²) in [5.41, 5.74) is 0.770. The number of rotatable bonds is 7. The van der Waals surface area contributed by atoms with Crippen LogP contribution in [-0.2, 0) is 4.79 Å². The van der Waals surface area contributed by atoms with E-state index in [2.05, 4.69) is 9.88 Å². The first-order chi connectivity index (χ1) is 9.91. The monoisotopic (exact) mass is 291 g/mol. The quantitative estimate of drug-likeness (QED) is 0.764. The van der Waals surface area contributed by atoms with E-state index < -0.39 is 5.97 Å². The zero-order chi connectivity index (χ0) is 15.8. The van der Waals surface area contributed by atoms with Gasteiger partial charge in [0, 0.05) is 31.4 Å². The molecule has 0 saturated heterocycles. The molecule has 1 aromatic rings. The Kier molecular flexibility index (Phi) is 6.55. The fraction of sp³-hybridized carbons (Fsp3) is 0.400. The number of pyridine rings is 1. The van der Waals surface area contributed by atoms with Crippen LogP contribution in [0.2, 0.25) is 0 Å². The number of carboxylic acid groups (broad SMARTS) is 1. The Balaban J connectivity index is 2.79. The van der Waals surface area contributed by atoms with E-state index in [0.29, 0.717) is 12.1 Å². The summed E-state index contributed by atoms with van der Waals surface area (Å²) < 4.78 is 0. The van der Waals surface area contributed by atoms with Gasteiger partial charge in [0.25, 0.3) is 5.91 Å². The number of hydrogen-bond acceptors (Lipinski definition) is 4. The highest BCUT2D eigenvalue weighted by Crippen LogP contribution is 2.10. The van der Waals surface area contributed by atoms with Crippen LogP contribution < -0.4 is 0 Å². The smallest absolute Gasteiger partial charge is 0.328 e. The van der Waals surface area contributed by atoms with Crippen LogP contribution in [0.4, 0.5) is 0 Å². The van der Waals surface area contributed by atoms with Crippen molar-refractivity contribution in [3.8, 4) is 0 Å². The number of nitrogens with zero attached hydrogens (tertiary/aromatic N) is 3. The van der Waals surface area contributed by atoms with Gasteiger partial charge in [0.1, 0.15) is 5.69 Å². The highest BCUT2D eigenvalue weighted by Gasteiger charge is 2.15. The zero-order valence-corrected chi connectivity index (χ0v) is 12.6. The van der Waals surface area contributed by atoms with Gasteiger partial charge in [0.05, 0.1) is 0 Å². The van der Waals surface area contributed by atoms with Crippen molar-refractivity contribution in [2.24, 2.45) is 0 Å². The summed E-state index contributed by atoms with van der Waals surface area (Å²) >= 11 is 0. The van der Waals surface area contributed by atoms with E-state index in [-0.39, 0.29) is 11.6 Å². The summed E-state index contributed by atoms with van der Waals surface area (Å²) in [4.78, 5) is 30.7. The first-order valence-corrected chi connectivity index (χ1v) is 6.68. The predicted octanol–water partition coefficient (Wildman–Crippen LogP) is 1.20. The van der Waals surface area contributed by atoms with Crippen molar-refractivity contribution < 1.29 is 14.7 Å². The van der Waals surface area contributed by atoms with Gasteiger partial charge in [-0.15, -0.1) is 0 Å². The van der Waals surface area contributed by atoms with Gasteiger partial charge >= 0.3 is 5.97 Å². The summed E-state index contributed by atoms with van der Waals surface area (Å²) in [6.07, 6.45) is 4.78. The van der Waals surface area contributed by atoms with Gasteiger partial charge in [0.15, 0.2) is 0 Å². The van der Waals surface area contributed by atoms with E-state index in [1.807, 2.05) is 14.1 Å². The molecule has 0 aromatic carbocycles. The number of carbonyl (C=O) groups is 2. The van der Waals surface area contributed by atoms with Crippen molar-refractivity contribution in [1.82, 2.24) is 14.8 Å². The van der Waals surface area contributed by atoms with Gasteiger partial charge in [-0.05, 0) is 39.2 Å². The minimum absolute atomic E-state index is 0.209. The molecule has 21 heavy (non-hydrogen) atoms. The lowest BCUT2D eigenvalue weighted by molar-refractivity contribution is -0.131. The Morgan fingerprint density at radius 3 is 2.62 bits per heavy atom. The molecule has 0 spiro atoms. The van der Waals surface area contributed by atoms with Gasteiger partial charge < -0.3 is 14.9 Å². The second-order valence-electron chi connectivity index (χ2n) is 5.00. The molecule has 1 N–H and O–H groups in total. The van der Waals surface area contributed by atoms with Crippen LogP contribution in [0.3, 0.4) is 0 Å². The van der Waals surface area contributed by atoms with Gasteiger partial charge in [0.2, 0.25) is 0 Å². The summed E-state index contributed by atoms with van der Waals surface area (Å²) in [5, 5.41) is 8.67. The number of aliphatic carboxylic acids is 1. The molecule has 1 aromatic heterocycles. The van der Waals surface area contributed by atoms with E-state index in [9.17, 15) is 9.59 Å². The molecular weight excluding hydrogens is 270 g/mol. The standard InChI is InChI=1S/C15H21N3O3/c1-17(2)10-5-11-18(3)15(21)14-12(6-4-9-16-14)7-8-13(19)20/h4,6-9H,5,10-11H2,1-3H3,(H,19,20)/b8-7+. The molecule has 0 fully saturated rings. The van der Waals surface area contributed by atoms with Crippen LogP contribution in [0.25, 0.3) is 6.08 Å². The average molecular weight is 291 g/mol. The first-order valence-electron chi connectivity index (χ1n) is 6.68. The van der Waals surface area contributed by atoms with Gasteiger partial charge in [-0.25, -0.2) is 4.79 Å². The molecule has 0 aliphatic carbocycles. The van der Waals surface area contributed by atoms with Crippen LogP contribution in [0.5, 0.6) is 0 Å². The van der Waals surface area contributed by atoms with Crippen molar-refractivity contribution in [2.75, 3.05) is 34.2 Å². The Labute approximate surface area is 124 Å². The van der Waals surface area contributed by atoms with Crippen LogP contribution >= 0.6 is 0 Å². The highest BCUT2D eigenvalue weighted by atomic mass is 16.4. The largest absolute Gasteiger partial charge is 0.478 e. The fourth-order valence-corrected chi connectivity index (χ4v) is 1.80. The van der Waals surface area contributed by atoms with Gasteiger partial charge in [-0.1, -0.05) is 6.07 Å². The minimum atomic E-state index is -1.06. The third kappa shape index (κ3) is 5.74. The molecule has 0 aliphatic rings. The maximum Gasteiger partial charge on any atom is 0.328 e. The molecule has 0 atom stereocenters. The Morgan fingerprint density at radius 2 is 2.00 bits per heavy atom. The summed E-state index contributed by atoms with van der Waals surface area (Å²) in [5.74, 6) is -1.27. The molecule has 0 radical (unpaired) electrons. The first kappa shape index (κ1) is 16.8. The van der Waals surface area contributed by atoms with Crippen molar-refractivity contribution in [3.63, 3.8) is 0 Å². The molecule has 1 rings (SSSR count). The van der Waals surface area contributed by atoms with E-state index in [1.165, 1.54) is 12.3 Å². The maximum atomic E-state index is 12.4. The highest BCUT2D eigenvalue weighted by molar-refractivity contribution is 5.97.